The van der Waals surface area contributed by atoms with Crippen molar-refractivity contribution in [1.29, 1.82) is 0 Å². The lowest BCUT2D eigenvalue weighted by molar-refractivity contribution is 0.0948. The number of aromatic nitrogens is 2. The molecular formula is C19H25N5O2. The summed E-state index contributed by atoms with van der Waals surface area (Å²) in [6.45, 7) is 5.88. The smallest absolute Gasteiger partial charge is 0.270 e. The zero-order valence-corrected chi connectivity index (χ0v) is 15.1. The van der Waals surface area contributed by atoms with Crippen molar-refractivity contribution < 1.29 is 9.53 Å². The molecule has 26 heavy (non-hydrogen) atoms. The molecule has 3 rings (SSSR count). The monoisotopic (exact) mass is 355 g/mol. The summed E-state index contributed by atoms with van der Waals surface area (Å²) in [6, 6.07) is 9.65. The highest BCUT2D eigenvalue weighted by Crippen LogP contribution is 2.28. The molecule has 7 heteroatoms. The van der Waals surface area contributed by atoms with Crippen molar-refractivity contribution in [3.05, 3.63) is 42.2 Å². The van der Waals surface area contributed by atoms with Crippen LogP contribution in [-0.2, 0) is 4.74 Å². The predicted octanol–water partition coefficient (Wildman–Crippen LogP) is 2.59. The summed E-state index contributed by atoms with van der Waals surface area (Å²) >= 11 is 0. The van der Waals surface area contributed by atoms with E-state index in [0.717, 1.165) is 50.5 Å². The van der Waals surface area contributed by atoms with Crippen LogP contribution in [0.15, 0.2) is 36.5 Å². The Kier molecular flexibility index (Phi) is 6.38. The third kappa shape index (κ3) is 4.70. The van der Waals surface area contributed by atoms with Crippen LogP contribution in [0.1, 0.15) is 30.3 Å². The molecule has 0 saturated carbocycles. The fourth-order valence-electron chi connectivity index (χ4n) is 2.79. The SMILES string of the molecule is CCCCNC(=O)c1ccnc(Nc2ccccc2N2CCOCC2)n1. The number of hydrogen-bond acceptors (Lipinski definition) is 6. The molecule has 7 nitrogen and oxygen atoms in total. The number of nitrogens with zero attached hydrogens (tertiary/aromatic N) is 3. The van der Waals surface area contributed by atoms with E-state index in [9.17, 15) is 4.79 Å². The van der Waals surface area contributed by atoms with Crippen LogP contribution < -0.4 is 15.5 Å². The van der Waals surface area contributed by atoms with E-state index < -0.39 is 0 Å². The Morgan fingerprint density at radius 3 is 2.85 bits per heavy atom. The first-order valence-electron chi connectivity index (χ1n) is 9.08. The van der Waals surface area contributed by atoms with E-state index in [4.69, 9.17) is 4.74 Å². The number of benzene rings is 1. The Labute approximate surface area is 153 Å². The van der Waals surface area contributed by atoms with Crippen molar-refractivity contribution in [2.24, 2.45) is 0 Å². The molecule has 2 aromatic rings. The number of para-hydroxylation sites is 2. The summed E-state index contributed by atoms with van der Waals surface area (Å²) in [7, 11) is 0. The largest absolute Gasteiger partial charge is 0.378 e. The van der Waals surface area contributed by atoms with Crippen LogP contribution >= 0.6 is 0 Å². The van der Waals surface area contributed by atoms with Gasteiger partial charge in [-0.15, -0.1) is 0 Å². The van der Waals surface area contributed by atoms with Gasteiger partial charge in [-0.1, -0.05) is 25.5 Å². The molecule has 1 fully saturated rings. The minimum atomic E-state index is -0.176. The number of carbonyl (C=O) groups is 1. The minimum absolute atomic E-state index is 0.176. The Morgan fingerprint density at radius 2 is 2.04 bits per heavy atom. The third-order valence-corrected chi connectivity index (χ3v) is 4.21. The Hall–Kier alpha value is -2.67. The number of hydrogen-bond donors (Lipinski definition) is 2. The zero-order chi connectivity index (χ0) is 18.2. The third-order valence-electron chi connectivity index (χ3n) is 4.21. The topological polar surface area (TPSA) is 79.4 Å². The second-order valence-corrected chi connectivity index (χ2v) is 6.12. The van der Waals surface area contributed by atoms with E-state index in [1.165, 1.54) is 0 Å². The van der Waals surface area contributed by atoms with Crippen LogP contribution in [-0.4, -0.2) is 48.7 Å². The number of ether oxygens (including phenoxy) is 1. The van der Waals surface area contributed by atoms with Crippen molar-refractivity contribution in [1.82, 2.24) is 15.3 Å². The standard InChI is InChI=1S/C19H25N5O2/c1-2-3-9-20-18(25)16-8-10-21-19(23-16)22-15-6-4-5-7-17(15)24-11-13-26-14-12-24/h4-8,10H,2-3,9,11-14H2,1H3,(H,20,25)(H,21,22,23). The number of morpholine rings is 1. The summed E-state index contributed by atoms with van der Waals surface area (Å²) in [6.07, 6.45) is 3.59. The van der Waals surface area contributed by atoms with Gasteiger partial charge in [-0.05, 0) is 24.6 Å². The fourth-order valence-corrected chi connectivity index (χ4v) is 2.79. The van der Waals surface area contributed by atoms with Gasteiger partial charge in [0.05, 0.1) is 24.6 Å². The maximum atomic E-state index is 12.2. The number of unbranched alkanes of at least 4 members (excludes halogenated alkanes) is 1. The molecule has 0 radical (unpaired) electrons. The molecule has 0 bridgehead atoms. The van der Waals surface area contributed by atoms with Gasteiger partial charge in [0.1, 0.15) is 5.69 Å². The maximum Gasteiger partial charge on any atom is 0.270 e. The van der Waals surface area contributed by atoms with E-state index >= 15 is 0 Å². The highest BCUT2D eigenvalue weighted by Gasteiger charge is 2.15. The van der Waals surface area contributed by atoms with E-state index in [-0.39, 0.29) is 5.91 Å². The van der Waals surface area contributed by atoms with Gasteiger partial charge < -0.3 is 20.3 Å². The average molecular weight is 355 g/mol. The van der Waals surface area contributed by atoms with E-state index in [1.807, 2.05) is 18.2 Å². The number of rotatable bonds is 7. The van der Waals surface area contributed by atoms with E-state index in [1.54, 1.807) is 12.3 Å². The van der Waals surface area contributed by atoms with Crippen molar-refractivity contribution in [3.63, 3.8) is 0 Å². The van der Waals surface area contributed by atoms with Crippen molar-refractivity contribution in [2.45, 2.75) is 19.8 Å². The zero-order valence-electron chi connectivity index (χ0n) is 15.1. The molecule has 1 saturated heterocycles. The molecule has 1 aliphatic rings. The second-order valence-electron chi connectivity index (χ2n) is 6.12. The van der Waals surface area contributed by atoms with Crippen LogP contribution in [0.5, 0.6) is 0 Å². The number of carbonyl (C=O) groups excluding carboxylic acids is 1. The molecule has 1 aromatic heterocycles. The molecular weight excluding hydrogens is 330 g/mol. The Balaban J connectivity index is 1.73. The van der Waals surface area contributed by atoms with Crippen LogP contribution in [0.3, 0.4) is 0 Å². The van der Waals surface area contributed by atoms with E-state index in [0.29, 0.717) is 18.2 Å². The quantitative estimate of drug-likeness (QED) is 0.743. The molecule has 1 aromatic carbocycles. The predicted molar refractivity (Wildman–Crippen MR) is 102 cm³/mol. The van der Waals surface area contributed by atoms with Crippen LogP contribution in [0.4, 0.5) is 17.3 Å². The highest BCUT2D eigenvalue weighted by molar-refractivity contribution is 5.92. The van der Waals surface area contributed by atoms with Crippen LogP contribution in [0, 0.1) is 0 Å². The summed E-state index contributed by atoms with van der Waals surface area (Å²) in [5.74, 6) is 0.235. The number of nitrogens with one attached hydrogen (secondary N) is 2. The van der Waals surface area contributed by atoms with Gasteiger partial charge in [0.25, 0.3) is 5.91 Å². The second kappa shape index (κ2) is 9.15. The fraction of sp³-hybridized carbons (Fsp3) is 0.421. The molecule has 0 aliphatic carbocycles. The lowest BCUT2D eigenvalue weighted by Crippen LogP contribution is -2.36. The lowest BCUT2D eigenvalue weighted by atomic mass is 10.2. The highest BCUT2D eigenvalue weighted by atomic mass is 16.5. The molecule has 2 heterocycles. The summed E-state index contributed by atoms with van der Waals surface area (Å²) in [5.41, 5.74) is 2.36. The number of anilines is 3. The normalized spacial score (nSPS) is 14.1. The average Bonchev–Trinajstić information content (AvgIpc) is 2.69. The molecule has 0 unspecified atom stereocenters. The van der Waals surface area contributed by atoms with Crippen molar-refractivity contribution >= 4 is 23.2 Å². The molecule has 138 valence electrons. The summed E-state index contributed by atoms with van der Waals surface area (Å²) in [5, 5.41) is 6.12. The number of amides is 1. The van der Waals surface area contributed by atoms with Gasteiger partial charge in [-0.25, -0.2) is 9.97 Å². The molecule has 0 spiro atoms. The van der Waals surface area contributed by atoms with Crippen molar-refractivity contribution in [2.75, 3.05) is 43.1 Å². The maximum absolute atomic E-state index is 12.2. The molecule has 1 aliphatic heterocycles. The first-order valence-corrected chi connectivity index (χ1v) is 9.08. The van der Waals surface area contributed by atoms with Crippen molar-refractivity contribution in [3.8, 4) is 0 Å². The molecule has 1 amide bonds. The van der Waals surface area contributed by atoms with Crippen LogP contribution in [0.25, 0.3) is 0 Å². The first kappa shape index (κ1) is 18.1. The first-order chi connectivity index (χ1) is 12.8. The molecule has 2 N–H and O–H groups in total. The van der Waals surface area contributed by atoms with Gasteiger partial charge in [0.2, 0.25) is 5.95 Å². The van der Waals surface area contributed by atoms with E-state index in [2.05, 4.69) is 38.5 Å². The summed E-state index contributed by atoms with van der Waals surface area (Å²) in [4.78, 5) is 23.1. The Morgan fingerprint density at radius 1 is 1.23 bits per heavy atom. The van der Waals surface area contributed by atoms with Gasteiger partial charge in [-0.3, -0.25) is 4.79 Å². The lowest BCUT2D eigenvalue weighted by Gasteiger charge is -2.30. The van der Waals surface area contributed by atoms with Gasteiger partial charge >= 0.3 is 0 Å². The Bertz CT molecular complexity index is 731. The minimum Gasteiger partial charge on any atom is -0.378 e. The summed E-state index contributed by atoms with van der Waals surface area (Å²) < 4.78 is 5.43. The van der Waals surface area contributed by atoms with Crippen LogP contribution in [0.2, 0.25) is 0 Å². The van der Waals surface area contributed by atoms with Gasteiger partial charge in [-0.2, -0.15) is 0 Å². The van der Waals surface area contributed by atoms with Gasteiger partial charge in [0, 0.05) is 25.8 Å². The molecule has 0 atom stereocenters. The van der Waals surface area contributed by atoms with Gasteiger partial charge in [0.15, 0.2) is 0 Å².